The Kier molecular flexibility index (Phi) is 4.07. The van der Waals surface area contributed by atoms with Crippen LogP contribution >= 0.6 is 0 Å². The number of nitrogens with one attached hydrogen (secondary N) is 1. The van der Waals surface area contributed by atoms with Gasteiger partial charge >= 0.3 is 0 Å². The van der Waals surface area contributed by atoms with Crippen molar-refractivity contribution in [2.45, 2.75) is 18.3 Å². The standard InChI is InChI=1S/C19H21FN2O/c1-22(2)17-5-3-4-14(12-17)18(23)21-13-19(10-11-19)15-6-8-16(20)9-7-15/h3-9,12H,10-11,13H2,1-2H3,(H,21,23). The Morgan fingerprint density at radius 1 is 1.17 bits per heavy atom. The maximum Gasteiger partial charge on any atom is 0.251 e. The molecule has 1 fully saturated rings. The average molecular weight is 312 g/mol. The first-order valence-corrected chi connectivity index (χ1v) is 7.82. The first-order valence-electron chi connectivity index (χ1n) is 7.82. The zero-order valence-corrected chi connectivity index (χ0v) is 13.5. The Morgan fingerprint density at radius 2 is 1.87 bits per heavy atom. The minimum atomic E-state index is -0.228. The fourth-order valence-corrected chi connectivity index (χ4v) is 2.80. The summed E-state index contributed by atoms with van der Waals surface area (Å²) in [4.78, 5) is 14.4. The third kappa shape index (κ3) is 3.36. The van der Waals surface area contributed by atoms with Gasteiger partial charge in [-0.25, -0.2) is 4.39 Å². The highest BCUT2D eigenvalue weighted by molar-refractivity contribution is 5.95. The van der Waals surface area contributed by atoms with Gasteiger partial charge in [-0.1, -0.05) is 18.2 Å². The molecule has 0 bridgehead atoms. The number of carbonyl (C=O) groups excluding carboxylic acids is 1. The Morgan fingerprint density at radius 3 is 2.48 bits per heavy atom. The predicted molar refractivity (Wildman–Crippen MR) is 90.4 cm³/mol. The van der Waals surface area contributed by atoms with E-state index in [1.807, 2.05) is 55.4 Å². The minimum Gasteiger partial charge on any atom is -0.378 e. The Labute approximate surface area is 136 Å². The van der Waals surface area contributed by atoms with E-state index < -0.39 is 0 Å². The number of benzene rings is 2. The number of hydrogen-bond acceptors (Lipinski definition) is 2. The fourth-order valence-electron chi connectivity index (χ4n) is 2.80. The van der Waals surface area contributed by atoms with Crippen LogP contribution in [0.15, 0.2) is 48.5 Å². The van der Waals surface area contributed by atoms with Crippen molar-refractivity contribution in [1.82, 2.24) is 5.32 Å². The lowest BCUT2D eigenvalue weighted by molar-refractivity contribution is 0.0949. The Hall–Kier alpha value is -2.36. The van der Waals surface area contributed by atoms with Crippen molar-refractivity contribution in [3.8, 4) is 0 Å². The van der Waals surface area contributed by atoms with E-state index in [1.165, 1.54) is 12.1 Å². The van der Waals surface area contributed by atoms with Crippen LogP contribution in [0.4, 0.5) is 10.1 Å². The summed E-state index contributed by atoms with van der Waals surface area (Å²) in [5, 5.41) is 3.03. The number of amides is 1. The van der Waals surface area contributed by atoms with Gasteiger partial charge in [-0.2, -0.15) is 0 Å². The summed E-state index contributed by atoms with van der Waals surface area (Å²) in [5.41, 5.74) is 2.73. The van der Waals surface area contributed by atoms with Crippen molar-refractivity contribution >= 4 is 11.6 Å². The molecule has 3 rings (SSSR count). The molecule has 1 aliphatic rings. The van der Waals surface area contributed by atoms with E-state index in [0.29, 0.717) is 12.1 Å². The van der Waals surface area contributed by atoms with E-state index in [1.54, 1.807) is 0 Å². The SMILES string of the molecule is CN(C)c1cccc(C(=O)NCC2(c3ccc(F)cc3)CC2)c1. The number of nitrogens with zero attached hydrogens (tertiary/aromatic N) is 1. The Balaban J connectivity index is 1.67. The molecule has 3 nitrogen and oxygen atoms in total. The van der Waals surface area contributed by atoms with Crippen molar-refractivity contribution in [3.63, 3.8) is 0 Å². The molecule has 0 heterocycles. The number of halogens is 1. The summed E-state index contributed by atoms with van der Waals surface area (Å²) in [6.07, 6.45) is 2.05. The summed E-state index contributed by atoms with van der Waals surface area (Å²) in [6, 6.07) is 14.2. The van der Waals surface area contributed by atoms with Crippen LogP contribution in [0, 0.1) is 5.82 Å². The topological polar surface area (TPSA) is 32.3 Å². The summed E-state index contributed by atoms with van der Waals surface area (Å²) in [5.74, 6) is -0.295. The number of rotatable bonds is 5. The second-order valence-corrected chi connectivity index (χ2v) is 6.41. The third-order valence-electron chi connectivity index (χ3n) is 4.52. The molecular formula is C19H21FN2O. The van der Waals surface area contributed by atoms with Gasteiger partial charge in [0.2, 0.25) is 0 Å². The van der Waals surface area contributed by atoms with E-state index in [0.717, 1.165) is 24.1 Å². The second-order valence-electron chi connectivity index (χ2n) is 6.41. The minimum absolute atomic E-state index is 0.0253. The van der Waals surface area contributed by atoms with Gasteiger partial charge in [0.1, 0.15) is 5.82 Å². The molecule has 120 valence electrons. The Bertz CT molecular complexity index is 706. The molecule has 1 N–H and O–H groups in total. The van der Waals surface area contributed by atoms with Crippen molar-refractivity contribution < 1.29 is 9.18 Å². The molecular weight excluding hydrogens is 291 g/mol. The molecule has 4 heteroatoms. The van der Waals surface area contributed by atoms with Crippen molar-refractivity contribution in [3.05, 3.63) is 65.5 Å². The highest BCUT2D eigenvalue weighted by Gasteiger charge is 2.44. The molecule has 0 spiro atoms. The van der Waals surface area contributed by atoms with E-state index in [-0.39, 0.29) is 17.1 Å². The molecule has 23 heavy (non-hydrogen) atoms. The van der Waals surface area contributed by atoms with E-state index in [2.05, 4.69) is 5.32 Å². The van der Waals surface area contributed by atoms with Gasteiger partial charge in [0.25, 0.3) is 5.91 Å². The first kappa shape index (κ1) is 15.5. The van der Waals surface area contributed by atoms with E-state index in [4.69, 9.17) is 0 Å². The lowest BCUT2D eigenvalue weighted by Crippen LogP contribution is -2.32. The molecule has 2 aromatic rings. The smallest absolute Gasteiger partial charge is 0.251 e. The van der Waals surface area contributed by atoms with Gasteiger partial charge < -0.3 is 10.2 Å². The lowest BCUT2D eigenvalue weighted by Gasteiger charge is -2.17. The quantitative estimate of drug-likeness (QED) is 0.918. The largest absolute Gasteiger partial charge is 0.378 e. The van der Waals surface area contributed by atoms with Crippen LogP contribution in [0.2, 0.25) is 0 Å². The van der Waals surface area contributed by atoms with Crippen molar-refractivity contribution in [2.24, 2.45) is 0 Å². The zero-order valence-electron chi connectivity index (χ0n) is 13.5. The van der Waals surface area contributed by atoms with Gasteiger partial charge in [-0.15, -0.1) is 0 Å². The van der Waals surface area contributed by atoms with Gasteiger partial charge in [-0.3, -0.25) is 4.79 Å². The summed E-state index contributed by atoms with van der Waals surface area (Å²) >= 11 is 0. The molecule has 0 saturated heterocycles. The number of anilines is 1. The van der Waals surface area contributed by atoms with Crippen LogP contribution in [0.5, 0.6) is 0 Å². The molecule has 0 aromatic heterocycles. The van der Waals surface area contributed by atoms with Crippen LogP contribution in [0.3, 0.4) is 0 Å². The van der Waals surface area contributed by atoms with Gasteiger partial charge in [-0.05, 0) is 48.7 Å². The zero-order chi connectivity index (χ0) is 16.4. The van der Waals surface area contributed by atoms with Crippen molar-refractivity contribution in [1.29, 1.82) is 0 Å². The summed E-state index contributed by atoms with van der Waals surface area (Å²) in [6.45, 7) is 0.587. The fraction of sp³-hybridized carbons (Fsp3) is 0.316. The predicted octanol–water partition coefficient (Wildman–Crippen LogP) is 3.35. The van der Waals surface area contributed by atoms with Gasteiger partial charge in [0.05, 0.1) is 0 Å². The molecule has 0 aliphatic heterocycles. The maximum atomic E-state index is 13.1. The summed E-state index contributed by atoms with van der Waals surface area (Å²) < 4.78 is 13.1. The molecule has 0 atom stereocenters. The molecule has 0 unspecified atom stereocenters. The van der Waals surface area contributed by atoms with Crippen LogP contribution in [-0.4, -0.2) is 26.5 Å². The van der Waals surface area contributed by atoms with Crippen LogP contribution in [0.25, 0.3) is 0 Å². The third-order valence-corrected chi connectivity index (χ3v) is 4.52. The lowest BCUT2D eigenvalue weighted by atomic mass is 9.96. The highest BCUT2D eigenvalue weighted by Crippen LogP contribution is 2.47. The van der Waals surface area contributed by atoms with Gasteiger partial charge in [0, 0.05) is 37.3 Å². The van der Waals surface area contributed by atoms with Crippen molar-refractivity contribution in [2.75, 3.05) is 25.5 Å². The second kappa shape index (κ2) is 6.03. The summed E-state index contributed by atoms with van der Waals surface area (Å²) in [7, 11) is 3.90. The normalized spacial score (nSPS) is 15.1. The average Bonchev–Trinajstić information content (AvgIpc) is 3.34. The van der Waals surface area contributed by atoms with E-state index >= 15 is 0 Å². The molecule has 1 amide bonds. The van der Waals surface area contributed by atoms with Crippen LogP contribution in [-0.2, 0) is 5.41 Å². The first-order chi connectivity index (χ1) is 11.0. The molecule has 2 aromatic carbocycles. The molecule has 1 aliphatic carbocycles. The molecule has 1 saturated carbocycles. The number of carbonyl (C=O) groups is 1. The monoisotopic (exact) mass is 312 g/mol. The molecule has 0 radical (unpaired) electrons. The highest BCUT2D eigenvalue weighted by atomic mass is 19.1. The van der Waals surface area contributed by atoms with Crippen LogP contribution < -0.4 is 10.2 Å². The van der Waals surface area contributed by atoms with E-state index in [9.17, 15) is 9.18 Å². The van der Waals surface area contributed by atoms with Gasteiger partial charge in [0.15, 0.2) is 0 Å². The maximum absolute atomic E-state index is 13.1. The number of hydrogen-bond donors (Lipinski definition) is 1. The van der Waals surface area contributed by atoms with Crippen LogP contribution in [0.1, 0.15) is 28.8 Å².